The van der Waals surface area contributed by atoms with Gasteiger partial charge in [0, 0.05) is 71.8 Å². The summed E-state index contributed by atoms with van der Waals surface area (Å²) in [6.45, 7) is 20.5. The Labute approximate surface area is 501 Å². The van der Waals surface area contributed by atoms with E-state index in [0.717, 1.165) is 139 Å². The Hall–Kier alpha value is -10.0. The van der Waals surface area contributed by atoms with Crippen LogP contribution in [0.1, 0.15) is 84.6 Å². The number of rotatable bonds is 5. The molecule has 2 aliphatic heterocycles. The van der Waals surface area contributed by atoms with Gasteiger partial charge in [0.05, 0.1) is 34.0 Å². The van der Waals surface area contributed by atoms with Crippen molar-refractivity contribution in [3.8, 4) is 34.0 Å². The summed E-state index contributed by atoms with van der Waals surface area (Å²) in [7, 11) is 0. The average Bonchev–Trinajstić information content (AvgIpc) is 1.20. The molecule has 5 heterocycles. The van der Waals surface area contributed by atoms with Crippen LogP contribution in [0.5, 0.6) is 0 Å². The number of hydrogen-bond acceptors (Lipinski definition) is 5. The monoisotopic (exact) mass is 1110 g/mol. The fraction of sp³-hybridized carbons (Fsp3) is 0.152. The molecule has 86 heavy (non-hydrogen) atoms. The smallest absolute Gasteiger partial charge is 0.257 e. The molecule has 414 valence electrons. The van der Waals surface area contributed by atoms with Crippen LogP contribution in [0, 0.1) is 11.3 Å². The number of anilines is 6. The number of hydrogen-bond donors (Lipinski definition) is 0. The van der Waals surface area contributed by atoms with Crippen molar-refractivity contribution in [2.24, 2.45) is 0 Å². The summed E-state index contributed by atoms with van der Waals surface area (Å²) in [5.74, 6) is 0. The zero-order chi connectivity index (χ0) is 58.7. The van der Waals surface area contributed by atoms with Crippen LogP contribution in [-0.2, 0) is 16.2 Å². The van der Waals surface area contributed by atoms with Crippen LogP contribution in [0.2, 0.25) is 0 Å². The highest BCUT2D eigenvalue weighted by Crippen LogP contribution is 2.54. The first-order valence-corrected chi connectivity index (χ1v) is 30.1. The minimum atomic E-state index is -0.360. The summed E-state index contributed by atoms with van der Waals surface area (Å²) in [5.41, 5.74) is 24.6. The predicted molar refractivity (Wildman–Crippen MR) is 361 cm³/mol. The number of aromatic nitrogens is 1. The van der Waals surface area contributed by atoms with E-state index in [1.54, 1.807) is 0 Å². The van der Waals surface area contributed by atoms with Crippen molar-refractivity contribution in [1.29, 1.82) is 5.26 Å². The summed E-state index contributed by atoms with van der Waals surface area (Å²) in [6, 6.07) is 82.5. The summed E-state index contributed by atoms with van der Waals surface area (Å²) in [5, 5.41) is 16.6. The molecule has 0 amide bonds. The van der Waals surface area contributed by atoms with Crippen molar-refractivity contribution < 1.29 is 8.83 Å². The van der Waals surface area contributed by atoms with Gasteiger partial charge in [-0.2, -0.15) is 5.26 Å². The molecule has 14 aromatic rings. The molecule has 0 aliphatic carbocycles. The molecule has 0 unspecified atom stereocenters. The third-order valence-corrected chi connectivity index (χ3v) is 18.4. The molecule has 0 bridgehead atoms. The molecule has 0 N–H and O–H groups in total. The molecule has 0 saturated heterocycles. The Morgan fingerprint density at radius 2 is 0.965 bits per heavy atom. The standard InChI is InChI=1S/C79H63BN4O2/c1-77(2,3)51-33-37-63(59(44-51)48-22-12-10-13-23-48)84-65-45-55(82-62-29-19-16-26-56(62)60-38-47(46-81)32-36-64(60)82)34-35-61(65)80-72-66(41-50(42-67(72)84)49-39-52(78(4,5)6)43-53(40-49)79(7,8)9)83(54-24-14-11-15-25-54)74-73(80)75-70(57-27-17-20-30-68(57)85-75)71-58-28-18-21-31-69(58)86-76(71)74/h10-45H,1-9H3. The number of fused-ring (bicyclic) bond motifs is 16. The van der Waals surface area contributed by atoms with Gasteiger partial charge in [-0.1, -0.05) is 196 Å². The van der Waals surface area contributed by atoms with E-state index in [2.05, 4.69) is 289 Å². The molecule has 0 saturated carbocycles. The topological polar surface area (TPSA) is 61.5 Å². The third-order valence-electron chi connectivity index (χ3n) is 18.4. The molecule has 0 atom stereocenters. The highest BCUT2D eigenvalue weighted by molar-refractivity contribution is 7.02. The van der Waals surface area contributed by atoms with Gasteiger partial charge in [0.2, 0.25) is 0 Å². The minimum absolute atomic E-state index is 0.132. The summed E-state index contributed by atoms with van der Waals surface area (Å²) >= 11 is 0. The fourth-order valence-corrected chi connectivity index (χ4v) is 14.1. The van der Waals surface area contributed by atoms with E-state index in [4.69, 9.17) is 8.83 Å². The average molecular weight is 1110 g/mol. The third kappa shape index (κ3) is 7.71. The SMILES string of the molecule is CC(C)(C)c1cc(-c2cc3c4c(c2)N(c2ccccc2)c2c(c5oc6ccccc6c5c5c2oc2ccccc25)B4c2ccc(-n4c5ccccc5c5cc(C#N)ccc54)cc2N3c2ccc(C(C)(C)C)cc2-c2ccccc2)cc(C(C)(C)C)c1. The maximum Gasteiger partial charge on any atom is 0.257 e. The largest absolute Gasteiger partial charge is 0.456 e. The lowest BCUT2D eigenvalue weighted by molar-refractivity contribution is 0.569. The first-order valence-electron chi connectivity index (χ1n) is 30.1. The normalized spacial score (nSPS) is 13.3. The molecule has 6 nitrogen and oxygen atoms in total. The van der Waals surface area contributed by atoms with Crippen LogP contribution in [0.4, 0.5) is 34.1 Å². The fourth-order valence-electron chi connectivity index (χ4n) is 14.1. The van der Waals surface area contributed by atoms with Crippen molar-refractivity contribution in [2.45, 2.75) is 78.6 Å². The number of nitrogens with zero attached hydrogens (tertiary/aromatic N) is 4. The van der Waals surface area contributed by atoms with Gasteiger partial charge in [-0.25, -0.2) is 0 Å². The molecule has 3 aromatic heterocycles. The van der Waals surface area contributed by atoms with Crippen molar-refractivity contribution >= 4 is 123 Å². The summed E-state index contributed by atoms with van der Waals surface area (Å²) in [4.78, 5) is 5.09. The molecule has 16 rings (SSSR count). The second kappa shape index (κ2) is 18.5. The quantitative estimate of drug-likeness (QED) is 0.161. The van der Waals surface area contributed by atoms with Gasteiger partial charge in [0.25, 0.3) is 6.71 Å². The van der Waals surface area contributed by atoms with E-state index >= 15 is 0 Å². The number of furan rings is 2. The Bertz CT molecular complexity index is 5180. The Balaban J connectivity index is 1.12. The Morgan fingerprint density at radius 1 is 0.395 bits per heavy atom. The van der Waals surface area contributed by atoms with Crippen LogP contribution in [0.25, 0.3) is 93.6 Å². The van der Waals surface area contributed by atoms with Crippen molar-refractivity contribution in [2.75, 3.05) is 9.80 Å². The molecule has 7 heteroatoms. The lowest BCUT2D eigenvalue weighted by Gasteiger charge is -2.45. The molecule has 0 spiro atoms. The first-order chi connectivity index (χ1) is 41.5. The Morgan fingerprint density at radius 3 is 1.63 bits per heavy atom. The van der Waals surface area contributed by atoms with Gasteiger partial charge in [0.1, 0.15) is 16.7 Å². The summed E-state index contributed by atoms with van der Waals surface area (Å²) in [6.07, 6.45) is 0. The van der Waals surface area contributed by atoms with Crippen molar-refractivity contribution in [3.05, 3.63) is 241 Å². The minimum Gasteiger partial charge on any atom is -0.456 e. The van der Waals surface area contributed by atoms with E-state index in [1.165, 1.54) is 22.2 Å². The predicted octanol–water partition coefficient (Wildman–Crippen LogP) is 19.8. The van der Waals surface area contributed by atoms with Crippen molar-refractivity contribution in [3.63, 3.8) is 0 Å². The lowest BCUT2D eigenvalue weighted by Crippen LogP contribution is -2.61. The van der Waals surface area contributed by atoms with Crippen LogP contribution >= 0.6 is 0 Å². The van der Waals surface area contributed by atoms with Crippen LogP contribution in [0.15, 0.2) is 227 Å². The van der Waals surface area contributed by atoms with E-state index < -0.39 is 0 Å². The van der Waals surface area contributed by atoms with Gasteiger partial charge < -0.3 is 23.2 Å². The molecule has 2 aliphatic rings. The van der Waals surface area contributed by atoms with Crippen LogP contribution in [-0.4, -0.2) is 11.3 Å². The van der Waals surface area contributed by atoms with Crippen LogP contribution in [0.3, 0.4) is 0 Å². The van der Waals surface area contributed by atoms with Crippen molar-refractivity contribution in [1.82, 2.24) is 4.57 Å². The zero-order valence-corrected chi connectivity index (χ0v) is 50.0. The van der Waals surface area contributed by atoms with Gasteiger partial charge in [0.15, 0.2) is 5.58 Å². The zero-order valence-electron chi connectivity index (χ0n) is 50.0. The molecule has 0 radical (unpaired) electrons. The first kappa shape index (κ1) is 51.6. The summed E-state index contributed by atoms with van der Waals surface area (Å²) < 4.78 is 17.3. The Kier molecular flexibility index (Phi) is 11.1. The molecule has 11 aromatic carbocycles. The molecular formula is C79H63BN4O2. The maximum atomic E-state index is 10.2. The van der Waals surface area contributed by atoms with Gasteiger partial charge >= 0.3 is 0 Å². The number of nitriles is 1. The lowest BCUT2D eigenvalue weighted by atomic mass is 9.33. The highest BCUT2D eigenvalue weighted by Gasteiger charge is 2.48. The number of para-hydroxylation sites is 4. The van der Waals surface area contributed by atoms with E-state index in [-0.39, 0.29) is 23.0 Å². The highest BCUT2D eigenvalue weighted by atomic mass is 16.3. The van der Waals surface area contributed by atoms with Crippen LogP contribution < -0.4 is 26.2 Å². The second-order valence-electron chi connectivity index (χ2n) is 26.8. The molecular weight excluding hydrogens is 1050 g/mol. The second-order valence-corrected chi connectivity index (χ2v) is 26.8. The van der Waals surface area contributed by atoms with E-state index in [0.29, 0.717) is 5.56 Å². The maximum absolute atomic E-state index is 10.2. The van der Waals surface area contributed by atoms with E-state index in [9.17, 15) is 5.26 Å². The van der Waals surface area contributed by atoms with E-state index in [1.807, 2.05) is 12.1 Å². The van der Waals surface area contributed by atoms with Gasteiger partial charge in [-0.05, 0) is 145 Å². The van der Waals surface area contributed by atoms with Gasteiger partial charge in [-0.3, -0.25) is 0 Å². The van der Waals surface area contributed by atoms with Gasteiger partial charge in [-0.15, -0.1) is 0 Å². The molecule has 0 fully saturated rings. The number of benzene rings is 11.